The van der Waals surface area contributed by atoms with Crippen LogP contribution < -0.4 is 9.30 Å². The zero-order valence-electron chi connectivity index (χ0n) is 16.6. The number of nitrogens with zero attached hydrogens (tertiary/aromatic N) is 1. The van der Waals surface area contributed by atoms with Crippen LogP contribution in [-0.4, -0.2) is 0 Å². The SMILES string of the molecule is Cc1c(C(C)C)cc2cc[n+](C)c3c2c1Oc1cc2ccccc2c(C)c1-3. The Morgan fingerprint density at radius 3 is 2.48 bits per heavy atom. The quantitative estimate of drug-likeness (QED) is 0.321. The Morgan fingerprint density at radius 1 is 0.926 bits per heavy atom. The van der Waals surface area contributed by atoms with E-state index in [0.29, 0.717) is 5.92 Å². The van der Waals surface area contributed by atoms with E-state index in [1.807, 2.05) is 0 Å². The first-order valence-electron chi connectivity index (χ1n) is 9.63. The molecular weight excluding hydrogens is 330 g/mol. The summed E-state index contributed by atoms with van der Waals surface area (Å²) in [6.07, 6.45) is 2.17. The Kier molecular flexibility index (Phi) is 3.36. The summed E-state index contributed by atoms with van der Waals surface area (Å²) >= 11 is 0. The molecule has 1 aliphatic rings. The molecule has 0 spiro atoms. The summed E-state index contributed by atoms with van der Waals surface area (Å²) in [7, 11) is 2.13. The Morgan fingerprint density at radius 2 is 1.70 bits per heavy atom. The maximum absolute atomic E-state index is 6.60. The van der Waals surface area contributed by atoms with Gasteiger partial charge < -0.3 is 4.74 Å². The van der Waals surface area contributed by atoms with Gasteiger partial charge in [-0.05, 0) is 64.7 Å². The number of fused-ring (bicyclic) bond motifs is 3. The molecule has 0 saturated carbocycles. The zero-order valence-corrected chi connectivity index (χ0v) is 16.6. The van der Waals surface area contributed by atoms with Crippen LogP contribution in [0.5, 0.6) is 11.5 Å². The van der Waals surface area contributed by atoms with Gasteiger partial charge in [-0.1, -0.05) is 38.1 Å². The predicted octanol–water partition coefficient (Wildman–Crippen LogP) is 6.33. The molecule has 27 heavy (non-hydrogen) atoms. The summed E-state index contributed by atoms with van der Waals surface area (Å²) in [5.41, 5.74) is 6.36. The molecule has 0 atom stereocenters. The second-order valence-electron chi connectivity index (χ2n) is 8.01. The van der Waals surface area contributed by atoms with Gasteiger partial charge in [-0.15, -0.1) is 0 Å². The van der Waals surface area contributed by atoms with Crippen LogP contribution in [0, 0.1) is 13.8 Å². The largest absolute Gasteiger partial charge is 0.455 e. The minimum Gasteiger partial charge on any atom is -0.455 e. The topological polar surface area (TPSA) is 13.1 Å². The number of rotatable bonds is 1. The van der Waals surface area contributed by atoms with Crippen molar-refractivity contribution in [1.82, 2.24) is 0 Å². The summed E-state index contributed by atoms with van der Waals surface area (Å²) in [5, 5.41) is 5.00. The van der Waals surface area contributed by atoms with Crippen LogP contribution in [-0.2, 0) is 7.05 Å². The van der Waals surface area contributed by atoms with E-state index in [2.05, 4.69) is 88.0 Å². The van der Waals surface area contributed by atoms with Crippen molar-refractivity contribution in [3.63, 3.8) is 0 Å². The number of ether oxygens (including phenoxy) is 1. The van der Waals surface area contributed by atoms with E-state index >= 15 is 0 Å². The molecule has 4 aromatic rings. The Bertz CT molecular complexity index is 1250. The average molecular weight is 354 g/mol. The summed E-state index contributed by atoms with van der Waals surface area (Å²) in [6, 6.07) is 15.3. The molecule has 134 valence electrons. The standard InChI is InChI=1S/C25H24NO/c1-14(2)20-12-18-10-11-26(5)24-22-15(3)19-9-7-6-8-17(19)13-21(22)27-25(16(20)4)23(18)24/h6-14H,1-5H3/q+1. The minimum atomic E-state index is 0.464. The molecular formula is C25H24NO+. The summed E-state index contributed by atoms with van der Waals surface area (Å²) < 4.78 is 8.84. The van der Waals surface area contributed by atoms with E-state index in [1.54, 1.807) is 0 Å². The lowest BCUT2D eigenvalue weighted by Crippen LogP contribution is -2.32. The normalized spacial score (nSPS) is 12.5. The van der Waals surface area contributed by atoms with Gasteiger partial charge in [0.25, 0.3) is 0 Å². The Hall–Kier alpha value is -2.87. The third-order valence-corrected chi connectivity index (χ3v) is 6.01. The van der Waals surface area contributed by atoms with Gasteiger partial charge in [0.15, 0.2) is 6.20 Å². The van der Waals surface area contributed by atoms with Crippen LogP contribution in [0.4, 0.5) is 0 Å². The van der Waals surface area contributed by atoms with Crippen molar-refractivity contribution >= 4 is 21.5 Å². The van der Waals surface area contributed by atoms with Crippen molar-refractivity contribution < 1.29 is 9.30 Å². The predicted molar refractivity (Wildman–Crippen MR) is 112 cm³/mol. The molecule has 1 aromatic heterocycles. The second-order valence-corrected chi connectivity index (χ2v) is 8.01. The maximum Gasteiger partial charge on any atom is 0.228 e. The first-order chi connectivity index (χ1) is 13.0. The van der Waals surface area contributed by atoms with Gasteiger partial charge in [-0.3, -0.25) is 0 Å². The maximum atomic E-state index is 6.60. The number of aryl methyl sites for hydroxylation is 2. The molecule has 0 unspecified atom stereocenters. The highest BCUT2D eigenvalue weighted by Crippen LogP contribution is 2.50. The van der Waals surface area contributed by atoms with Crippen LogP contribution in [0.3, 0.4) is 0 Å². The van der Waals surface area contributed by atoms with Crippen LogP contribution in [0.2, 0.25) is 0 Å². The number of hydrogen-bond donors (Lipinski definition) is 0. The third-order valence-electron chi connectivity index (χ3n) is 6.01. The van der Waals surface area contributed by atoms with Gasteiger partial charge in [0, 0.05) is 6.07 Å². The highest BCUT2D eigenvalue weighted by molar-refractivity contribution is 6.06. The van der Waals surface area contributed by atoms with Crippen molar-refractivity contribution in [3.8, 4) is 22.8 Å². The lowest BCUT2D eigenvalue weighted by atomic mass is 9.88. The van der Waals surface area contributed by atoms with Crippen molar-refractivity contribution in [2.75, 3.05) is 0 Å². The van der Waals surface area contributed by atoms with Gasteiger partial charge in [0.2, 0.25) is 5.69 Å². The molecule has 0 bridgehead atoms. The van der Waals surface area contributed by atoms with Crippen LogP contribution in [0.15, 0.2) is 48.7 Å². The molecule has 5 rings (SSSR count). The fourth-order valence-corrected chi connectivity index (χ4v) is 4.63. The molecule has 2 nitrogen and oxygen atoms in total. The van der Waals surface area contributed by atoms with Crippen molar-refractivity contribution in [3.05, 3.63) is 65.4 Å². The van der Waals surface area contributed by atoms with Gasteiger partial charge in [-0.25, -0.2) is 4.57 Å². The molecule has 3 aromatic carbocycles. The molecule has 2 heteroatoms. The summed E-state index contributed by atoms with van der Waals surface area (Å²) in [5.74, 6) is 2.45. The van der Waals surface area contributed by atoms with E-state index in [9.17, 15) is 0 Å². The van der Waals surface area contributed by atoms with E-state index < -0.39 is 0 Å². The van der Waals surface area contributed by atoms with E-state index in [-0.39, 0.29) is 0 Å². The first-order valence-corrected chi connectivity index (χ1v) is 9.63. The monoisotopic (exact) mass is 354 g/mol. The fraction of sp³-hybridized carbons (Fsp3) is 0.240. The third kappa shape index (κ3) is 2.16. The summed E-state index contributed by atoms with van der Waals surface area (Å²) in [6.45, 7) is 8.90. The van der Waals surface area contributed by atoms with E-state index in [0.717, 1.165) is 11.5 Å². The number of aromatic nitrogens is 1. The molecule has 0 radical (unpaired) electrons. The molecule has 0 N–H and O–H groups in total. The summed E-state index contributed by atoms with van der Waals surface area (Å²) in [4.78, 5) is 0. The molecule has 0 amide bonds. The van der Waals surface area contributed by atoms with Crippen molar-refractivity contribution in [1.29, 1.82) is 0 Å². The van der Waals surface area contributed by atoms with Crippen molar-refractivity contribution in [2.45, 2.75) is 33.6 Å². The van der Waals surface area contributed by atoms with Gasteiger partial charge in [0.1, 0.15) is 18.5 Å². The molecule has 1 aliphatic heterocycles. The van der Waals surface area contributed by atoms with E-state index in [4.69, 9.17) is 4.74 Å². The Labute approximate surface area is 160 Å². The van der Waals surface area contributed by atoms with Gasteiger partial charge in [-0.2, -0.15) is 0 Å². The van der Waals surface area contributed by atoms with Crippen LogP contribution in [0.25, 0.3) is 32.8 Å². The van der Waals surface area contributed by atoms with Gasteiger partial charge >= 0.3 is 0 Å². The molecule has 2 heterocycles. The lowest BCUT2D eigenvalue weighted by Gasteiger charge is -2.25. The highest BCUT2D eigenvalue weighted by Gasteiger charge is 2.32. The average Bonchev–Trinajstić information content (AvgIpc) is 2.65. The number of pyridine rings is 1. The second kappa shape index (κ2) is 5.56. The molecule has 0 aliphatic carbocycles. The number of hydrogen-bond acceptors (Lipinski definition) is 1. The highest BCUT2D eigenvalue weighted by atomic mass is 16.5. The fourth-order valence-electron chi connectivity index (χ4n) is 4.63. The molecule has 0 fully saturated rings. The number of benzene rings is 3. The van der Waals surface area contributed by atoms with Crippen LogP contribution >= 0.6 is 0 Å². The van der Waals surface area contributed by atoms with E-state index in [1.165, 1.54) is 49.5 Å². The minimum absolute atomic E-state index is 0.464. The lowest BCUT2D eigenvalue weighted by molar-refractivity contribution is -0.659. The van der Waals surface area contributed by atoms with Crippen molar-refractivity contribution in [2.24, 2.45) is 7.05 Å². The molecule has 0 saturated heterocycles. The van der Waals surface area contributed by atoms with Gasteiger partial charge in [0.05, 0.1) is 10.9 Å². The smallest absolute Gasteiger partial charge is 0.228 e. The first kappa shape index (κ1) is 16.3. The van der Waals surface area contributed by atoms with Crippen LogP contribution in [0.1, 0.15) is 36.5 Å². The Balaban J connectivity index is 1.98. The zero-order chi connectivity index (χ0) is 18.9.